The molecule has 1 atom stereocenters. The van der Waals surface area contributed by atoms with Gasteiger partial charge in [0.1, 0.15) is 23.7 Å². The lowest BCUT2D eigenvalue weighted by Gasteiger charge is -2.36. The highest BCUT2D eigenvalue weighted by molar-refractivity contribution is 5.93. The van der Waals surface area contributed by atoms with E-state index >= 15 is 0 Å². The lowest BCUT2D eigenvalue weighted by Crippen LogP contribution is -2.49. The number of hydrogen-bond donors (Lipinski definition) is 1. The van der Waals surface area contributed by atoms with Crippen LogP contribution in [0.25, 0.3) is 0 Å². The Kier molecular flexibility index (Phi) is 5.65. The van der Waals surface area contributed by atoms with Crippen LogP contribution < -0.4 is 10.2 Å². The molecule has 1 aromatic heterocycles. The van der Waals surface area contributed by atoms with Gasteiger partial charge in [-0.25, -0.2) is 14.4 Å². The number of hydrogen-bond acceptors (Lipinski definition) is 5. The third kappa shape index (κ3) is 4.28. The minimum Gasteiger partial charge on any atom is -0.368 e. The van der Waals surface area contributed by atoms with Gasteiger partial charge in [-0.3, -0.25) is 4.79 Å². The molecule has 1 unspecified atom stereocenters. The number of nitrogens with one attached hydrogen (secondary N) is 1. The molecule has 0 aliphatic carbocycles. The predicted octanol–water partition coefficient (Wildman–Crippen LogP) is 2.79. The highest BCUT2D eigenvalue weighted by Gasteiger charge is 2.23. The molecule has 1 amide bonds. The molecule has 1 saturated heterocycles. The van der Waals surface area contributed by atoms with Gasteiger partial charge in [0.15, 0.2) is 0 Å². The van der Waals surface area contributed by atoms with Gasteiger partial charge in [-0.05, 0) is 37.6 Å². The number of carbonyl (C=O) groups is 1. The van der Waals surface area contributed by atoms with Crippen molar-refractivity contribution in [2.45, 2.75) is 26.3 Å². The van der Waals surface area contributed by atoms with Crippen LogP contribution >= 0.6 is 0 Å². The summed E-state index contributed by atoms with van der Waals surface area (Å²) in [5.74, 6) is 0.342. The molecule has 138 valence electrons. The minimum absolute atomic E-state index is 0.0849. The summed E-state index contributed by atoms with van der Waals surface area (Å²) < 4.78 is 13.1. The van der Waals surface area contributed by atoms with Gasteiger partial charge < -0.3 is 15.1 Å². The van der Waals surface area contributed by atoms with Gasteiger partial charge in [0.05, 0.1) is 0 Å². The molecule has 0 saturated carbocycles. The van der Waals surface area contributed by atoms with E-state index in [2.05, 4.69) is 34.0 Å². The first-order valence-electron chi connectivity index (χ1n) is 8.95. The van der Waals surface area contributed by atoms with Crippen molar-refractivity contribution >= 4 is 17.4 Å². The second-order valence-electron chi connectivity index (χ2n) is 6.50. The number of anilines is 2. The van der Waals surface area contributed by atoms with Crippen molar-refractivity contribution < 1.29 is 9.18 Å². The Labute approximate surface area is 153 Å². The number of nitrogens with zero attached hydrogens (tertiary/aromatic N) is 4. The van der Waals surface area contributed by atoms with E-state index in [1.807, 2.05) is 0 Å². The van der Waals surface area contributed by atoms with Crippen molar-refractivity contribution in [3.63, 3.8) is 0 Å². The second kappa shape index (κ2) is 8.12. The molecule has 1 aliphatic rings. The molecule has 2 aromatic rings. The summed E-state index contributed by atoms with van der Waals surface area (Å²) in [4.78, 5) is 25.0. The van der Waals surface area contributed by atoms with Gasteiger partial charge in [-0.15, -0.1) is 0 Å². The predicted molar refractivity (Wildman–Crippen MR) is 99.9 cm³/mol. The Hall–Kier alpha value is -2.70. The highest BCUT2D eigenvalue weighted by atomic mass is 19.1. The van der Waals surface area contributed by atoms with Gasteiger partial charge in [0.2, 0.25) is 0 Å². The molecule has 1 aliphatic heterocycles. The summed E-state index contributed by atoms with van der Waals surface area (Å²) >= 11 is 0. The summed E-state index contributed by atoms with van der Waals surface area (Å²) in [6.07, 6.45) is 2.39. The van der Waals surface area contributed by atoms with Crippen LogP contribution in [0.5, 0.6) is 0 Å². The quantitative estimate of drug-likeness (QED) is 0.892. The lowest BCUT2D eigenvalue weighted by atomic mass is 10.2. The van der Waals surface area contributed by atoms with E-state index in [1.54, 1.807) is 23.1 Å². The topological polar surface area (TPSA) is 61.4 Å². The molecule has 1 aromatic carbocycles. The number of benzene rings is 1. The van der Waals surface area contributed by atoms with E-state index in [0.29, 0.717) is 37.7 Å². The van der Waals surface area contributed by atoms with Crippen LogP contribution in [0.1, 0.15) is 30.8 Å². The third-order valence-electron chi connectivity index (χ3n) is 4.65. The summed E-state index contributed by atoms with van der Waals surface area (Å²) in [7, 11) is 0. The first-order valence-corrected chi connectivity index (χ1v) is 8.95. The molecule has 6 nitrogen and oxygen atoms in total. The second-order valence-corrected chi connectivity index (χ2v) is 6.50. The molecule has 0 radical (unpaired) electrons. The molecule has 0 bridgehead atoms. The maximum Gasteiger partial charge on any atom is 0.272 e. The van der Waals surface area contributed by atoms with Crippen LogP contribution in [0, 0.1) is 5.82 Å². The number of piperazine rings is 1. The zero-order valence-electron chi connectivity index (χ0n) is 15.2. The standard InChI is InChI=1S/C19H24FN5O/c1-3-14(2)23-18-12-17(21-13-22-18)19(26)25-10-8-24(9-11-25)16-6-4-15(20)5-7-16/h4-7,12-14H,3,8-11H2,1-2H3,(H,21,22,23). The number of carbonyl (C=O) groups excluding carboxylic acids is 1. The highest BCUT2D eigenvalue weighted by Crippen LogP contribution is 2.18. The fourth-order valence-corrected chi connectivity index (χ4v) is 2.89. The molecule has 0 spiro atoms. The summed E-state index contributed by atoms with van der Waals surface area (Å²) in [6.45, 7) is 6.79. The molecule has 26 heavy (non-hydrogen) atoms. The Bertz CT molecular complexity index is 744. The van der Waals surface area contributed by atoms with Gasteiger partial charge in [0, 0.05) is 44.0 Å². The van der Waals surface area contributed by atoms with Gasteiger partial charge in [0.25, 0.3) is 5.91 Å². The minimum atomic E-state index is -0.242. The number of rotatable bonds is 5. The smallest absolute Gasteiger partial charge is 0.272 e. The van der Waals surface area contributed by atoms with Crippen molar-refractivity contribution in [2.75, 3.05) is 36.4 Å². The molecule has 7 heteroatoms. The maximum absolute atomic E-state index is 13.1. The monoisotopic (exact) mass is 357 g/mol. The van der Waals surface area contributed by atoms with Crippen LogP contribution in [0.3, 0.4) is 0 Å². The fraction of sp³-hybridized carbons (Fsp3) is 0.421. The normalized spacial score (nSPS) is 15.7. The van der Waals surface area contributed by atoms with Gasteiger partial charge in [-0.1, -0.05) is 6.92 Å². The SMILES string of the molecule is CCC(C)Nc1cc(C(=O)N2CCN(c3ccc(F)cc3)CC2)ncn1. The van der Waals surface area contributed by atoms with E-state index in [4.69, 9.17) is 0 Å². The molecule has 1 N–H and O–H groups in total. The third-order valence-corrected chi connectivity index (χ3v) is 4.65. The van der Waals surface area contributed by atoms with Crippen molar-refractivity contribution in [1.29, 1.82) is 0 Å². The molecule has 1 fully saturated rings. The van der Waals surface area contributed by atoms with Gasteiger partial charge >= 0.3 is 0 Å². The van der Waals surface area contributed by atoms with Gasteiger partial charge in [-0.2, -0.15) is 0 Å². The fourth-order valence-electron chi connectivity index (χ4n) is 2.89. The van der Waals surface area contributed by atoms with E-state index in [1.165, 1.54) is 18.5 Å². The molecule has 2 heterocycles. The van der Waals surface area contributed by atoms with Crippen molar-refractivity contribution in [1.82, 2.24) is 14.9 Å². The Morgan fingerprint density at radius 1 is 1.19 bits per heavy atom. The van der Waals surface area contributed by atoms with Crippen molar-refractivity contribution in [3.05, 3.63) is 48.2 Å². The van der Waals surface area contributed by atoms with E-state index in [9.17, 15) is 9.18 Å². The Morgan fingerprint density at radius 2 is 1.88 bits per heavy atom. The number of halogens is 1. The van der Waals surface area contributed by atoms with Crippen molar-refractivity contribution in [3.8, 4) is 0 Å². The average Bonchev–Trinajstić information content (AvgIpc) is 2.68. The maximum atomic E-state index is 13.1. The van der Waals surface area contributed by atoms with Crippen LogP contribution in [0.4, 0.5) is 15.9 Å². The zero-order valence-corrected chi connectivity index (χ0v) is 15.2. The van der Waals surface area contributed by atoms with Crippen LogP contribution in [0.15, 0.2) is 36.7 Å². The first-order chi connectivity index (χ1) is 12.6. The summed E-state index contributed by atoms with van der Waals surface area (Å²) in [6, 6.07) is 8.45. The van der Waals surface area contributed by atoms with Crippen molar-refractivity contribution in [2.24, 2.45) is 0 Å². The first kappa shape index (κ1) is 18.1. The average molecular weight is 357 g/mol. The van der Waals surface area contributed by atoms with E-state index in [-0.39, 0.29) is 17.8 Å². The largest absolute Gasteiger partial charge is 0.368 e. The molecular formula is C19H24FN5O. The molecular weight excluding hydrogens is 333 g/mol. The Balaban J connectivity index is 1.61. The lowest BCUT2D eigenvalue weighted by molar-refractivity contribution is 0.0740. The number of aromatic nitrogens is 2. The summed E-state index contributed by atoms with van der Waals surface area (Å²) in [5, 5.41) is 3.26. The Morgan fingerprint density at radius 3 is 2.54 bits per heavy atom. The van der Waals surface area contributed by atoms with Crippen LogP contribution in [-0.4, -0.2) is 53.0 Å². The zero-order chi connectivity index (χ0) is 18.5. The number of amides is 1. The summed E-state index contributed by atoms with van der Waals surface area (Å²) in [5.41, 5.74) is 1.38. The van der Waals surface area contributed by atoms with Crippen LogP contribution in [-0.2, 0) is 0 Å². The van der Waals surface area contributed by atoms with Crippen LogP contribution in [0.2, 0.25) is 0 Å². The van der Waals surface area contributed by atoms with E-state index in [0.717, 1.165) is 12.1 Å². The molecule has 3 rings (SSSR count). The van der Waals surface area contributed by atoms with E-state index < -0.39 is 0 Å².